The minimum Gasteiger partial charge on any atom is -0.493 e. The van der Waals surface area contributed by atoms with Crippen LogP contribution in [0, 0.1) is 6.92 Å². The first-order chi connectivity index (χ1) is 18.5. The van der Waals surface area contributed by atoms with Gasteiger partial charge in [-0.05, 0) is 59.2 Å². The van der Waals surface area contributed by atoms with E-state index in [2.05, 4.69) is 83.9 Å². The molecule has 198 valence electrons. The number of carbonyl (C=O) groups excluding carboxylic acids is 1. The maximum Gasteiger partial charge on any atom is 0.221 e. The molecule has 0 spiro atoms. The summed E-state index contributed by atoms with van der Waals surface area (Å²) in [6.45, 7) is 5.47. The van der Waals surface area contributed by atoms with Crippen LogP contribution in [0.15, 0.2) is 90.3 Å². The van der Waals surface area contributed by atoms with Crippen molar-refractivity contribution in [2.75, 3.05) is 26.8 Å². The fraction of sp³-hybridized carbons (Fsp3) is 0.281. The topological polar surface area (TPSA) is 64.8 Å². The van der Waals surface area contributed by atoms with Crippen LogP contribution in [-0.2, 0) is 17.8 Å². The van der Waals surface area contributed by atoms with Crippen molar-refractivity contribution < 1.29 is 14.3 Å². The molecule has 6 heteroatoms. The highest BCUT2D eigenvalue weighted by atomic mass is 32.1. The monoisotopic (exact) mass is 528 g/mol. The summed E-state index contributed by atoms with van der Waals surface area (Å²) in [7, 11) is 1.61. The van der Waals surface area contributed by atoms with E-state index in [4.69, 9.17) is 15.2 Å². The third-order valence-electron chi connectivity index (χ3n) is 6.66. The highest BCUT2D eigenvalue weighted by molar-refractivity contribution is 7.10. The van der Waals surface area contributed by atoms with Crippen LogP contribution in [0.4, 0.5) is 0 Å². The van der Waals surface area contributed by atoms with Gasteiger partial charge in [0.2, 0.25) is 5.91 Å². The van der Waals surface area contributed by atoms with Gasteiger partial charge in [-0.1, -0.05) is 66.7 Å². The van der Waals surface area contributed by atoms with Gasteiger partial charge in [0, 0.05) is 30.4 Å². The highest BCUT2D eigenvalue weighted by Crippen LogP contribution is 2.30. The number of amides is 1. The minimum atomic E-state index is -0.369. The molecule has 3 aromatic carbocycles. The number of nitrogens with zero attached hydrogens (tertiary/aromatic N) is 1. The van der Waals surface area contributed by atoms with E-state index in [0.717, 1.165) is 31.6 Å². The lowest BCUT2D eigenvalue weighted by Gasteiger charge is -2.28. The maximum absolute atomic E-state index is 11.3. The number of primary amides is 1. The second-order valence-corrected chi connectivity index (χ2v) is 10.5. The van der Waals surface area contributed by atoms with E-state index < -0.39 is 0 Å². The predicted octanol–water partition coefficient (Wildman–Crippen LogP) is 6.20. The molecular formula is C32H36N2O3S. The molecule has 0 aliphatic heterocycles. The minimum absolute atomic E-state index is 0.178. The van der Waals surface area contributed by atoms with E-state index in [1.165, 1.54) is 21.6 Å². The van der Waals surface area contributed by atoms with Gasteiger partial charge in [0.15, 0.2) is 11.5 Å². The summed E-state index contributed by atoms with van der Waals surface area (Å²) in [6, 6.07) is 29.3. The van der Waals surface area contributed by atoms with Crippen LogP contribution in [0.5, 0.6) is 11.5 Å². The fourth-order valence-electron chi connectivity index (χ4n) is 4.65. The van der Waals surface area contributed by atoms with Gasteiger partial charge < -0.3 is 15.2 Å². The smallest absolute Gasteiger partial charge is 0.221 e. The Morgan fingerprint density at radius 1 is 0.947 bits per heavy atom. The Balaban J connectivity index is 1.46. The molecule has 0 aliphatic carbocycles. The highest BCUT2D eigenvalue weighted by Gasteiger charge is 2.19. The second-order valence-electron chi connectivity index (χ2n) is 9.47. The molecule has 38 heavy (non-hydrogen) atoms. The summed E-state index contributed by atoms with van der Waals surface area (Å²) in [5, 5.41) is 2.17. The number of thiophene rings is 1. The third kappa shape index (κ3) is 7.70. The lowest BCUT2D eigenvalue weighted by Crippen LogP contribution is -2.30. The quantitative estimate of drug-likeness (QED) is 0.198. The lowest BCUT2D eigenvalue weighted by atomic mass is 9.90. The van der Waals surface area contributed by atoms with Crippen LogP contribution >= 0.6 is 11.3 Å². The summed E-state index contributed by atoms with van der Waals surface area (Å²) in [5.41, 5.74) is 10.1. The Morgan fingerprint density at radius 2 is 1.63 bits per heavy atom. The van der Waals surface area contributed by atoms with Gasteiger partial charge in [-0.3, -0.25) is 9.69 Å². The fourth-order valence-corrected chi connectivity index (χ4v) is 5.60. The van der Waals surface area contributed by atoms with Crippen molar-refractivity contribution in [3.63, 3.8) is 0 Å². The van der Waals surface area contributed by atoms with Gasteiger partial charge in [-0.2, -0.15) is 0 Å². The molecular weight excluding hydrogens is 492 g/mol. The van der Waals surface area contributed by atoms with E-state index in [1.807, 2.05) is 29.5 Å². The second kappa shape index (κ2) is 13.8. The molecule has 2 N–H and O–H groups in total. The standard InChI is InChI=1S/C32H36N2O3S/c1-24-16-19-38-31(24)23-34(22-28(26-10-5-3-6-11-26)27-12-7-4-8-13-27)17-9-18-37-29-15-14-25(21-32(33)35)20-30(29)36-2/h3-8,10-16,19-20,28H,9,17-18,21-23H2,1-2H3,(H2,33,35). The van der Waals surface area contributed by atoms with Gasteiger partial charge >= 0.3 is 0 Å². The van der Waals surface area contributed by atoms with Crippen molar-refractivity contribution in [3.8, 4) is 11.5 Å². The Hall–Kier alpha value is -3.61. The summed E-state index contributed by atoms with van der Waals surface area (Å²) in [6.07, 6.45) is 1.05. The van der Waals surface area contributed by atoms with Crippen LogP contribution in [0.1, 0.15) is 39.5 Å². The molecule has 0 aliphatic rings. The lowest BCUT2D eigenvalue weighted by molar-refractivity contribution is -0.117. The first-order valence-corrected chi connectivity index (χ1v) is 13.8. The third-order valence-corrected chi connectivity index (χ3v) is 7.67. The zero-order chi connectivity index (χ0) is 26.7. The largest absolute Gasteiger partial charge is 0.493 e. The van der Waals surface area contributed by atoms with Gasteiger partial charge in [0.05, 0.1) is 20.1 Å². The summed E-state index contributed by atoms with van der Waals surface area (Å²) in [4.78, 5) is 15.2. The summed E-state index contributed by atoms with van der Waals surface area (Å²) >= 11 is 1.82. The van der Waals surface area contributed by atoms with E-state index in [-0.39, 0.29) is 18.2 Å². The normalized spacial score (nSPS) is 11.2. The van der Waals surface area contributed by atoms with Gasteiger partial charge in [0.25, 0.3) is 0 Å². The van der Waals surface area contributed by atoms with E-state index in [9.17, 15) is 4.79 Å². The molecule has 0 bridgehead atoms. The molecule has 0 fully saturated rings. The number of nitrogens with two attached hydrogens (primary N) is 1. The molecule has 0 saturated heterocycles. The molecule has 1 heterocycles. The average molecular weight is 529 g/mol. The van der Waals surface area contributed by atoms with Crippen molar-refractivity contribution in [2.45, 2.75) is 32.2 Å². The van der Waals surface area contributed by atoms with Gasteiger partial charge in [-0.15, -0.1) is 11.3 Å². The number of hydrogen-bond donors (Lipinski definition) is 1. The van der Waals surface area contributed by atoms with Crippen LogP contribution in [0.2, 0.25) is 0 Å². The number of methoxy groups -OCH3 is 1. The zero-order valence-electron chi connectivity index (χ0n) is 22.1. The Kier molecular flexibility index (Phi) is 9.96. The van der Waals surface area contributed by atoms with Gasteiger partial charge in [-0.25, -0.2) is 0 Å². The van der Waals surface area contributed by atoms with Gasteiger partial charge in [0.1, 0.15) is 0 Å². The number of aryl methyl sites for hydroxylation is 1. The van der Waals surface area contributed by atoms with Crippen LogP contribution in [0.3, 0.4) is 0 Å². The Morgan fingerprint density at radius 3 is 2.21 bits per heavy atom. The molecule has 0 atom stereocenters. The first kappa shape index (κ1) is 27.4. The Labute approximate surface area is 229 Å². The van der Waals surface area contributed by atoms with Crippen LogP contribution < -0.4 is 15.2 Å². The van der Waals surface area contributed by atoms with E-state index in [0.29, 0.717) is 18.1 Å². The van der Waals surface area contributed by atoms with Crippen molar-refractivity contribution in [2.24, 2.45) is 5.73 Å². The molecule has 4 rings (SSSR count). The number of ether oxygens (including phenoxy) is 2. The number of hydrogen-bond acceptors (Lipinski definition) is 5. The molecule has 1 amide bonds. The first-order valence-electron chi connectivity index (χ1n) is 13.0. The van der Waals surface area contributed by atoms with Crippen LogP contribution in [-0.4, -0.2) is 37.6 Å². The molecule has 0 saturated carbocycles. The molecule has 4 aromatic rings. The van der Waals surface area contributed by atoms with Crippen LogP contribution in [0.25, 0.3) is 0 Å². The average Bonchev–Trinajstić information content (AvgIpc) is 3.34. The Bertz CT molecular complexity index is 1250. The van der Waals surface area contributed by atoms with Crippen molar-refractivity contribution in [1.29, 1.82) is 0 Å². The molecule has 5 nitrogen and oxygen atoms in total. The number of carbonyl (C=O) groups is 1. The van der Waals surface area contributed by atoms with E-state index >= 15 is 0 Å². The van der Waals surface area contributed by atoms with Crippen molar-refractivity contribution in [3.05, 3.63) is 117 Å². The zero-order valence-corrected chi connectivity index (χ0v) is 23.0. The maximum atomic E-state index is 11.3. The van der Waals surface area contributed by atoms with Crippen molar-refractivity contribution >= 4 is 17.2 Å². The molecule has 0 radical (unpaired) electrons. The van der Waals surface area contributed by atoms with E-state index in [1.54, 1.807) is 7.11 Å². The predicted molar refractivity (Wildman–Crippen MR) is 155 cm³/mol. The summed E-state index contributed by atoms with van der Waals surface area (Å²) in [5.74, 6) is 1.19. The van der Waals surface area contributed by atoms with Crippen molar-refractivity contribution in [1.82, 2.24) is 4.90 Å². The summed E-state index contributed by atoms with van der Waals surface area (Å²) < 4.78 is 11.6. The number of rotatable bonds is 14. The number of benzene rings is 3. The SMILES string of the molecule is COc1cc(CC(N)=O)ccc1OCCCN(Cc1sccc1C)CC(c1ccccc1)c1ccccc1. The molecule has 1 aromatic heterocycles. The molecule has 0 unspecified atom stereocenters.